The van der Waals surface area contributed by atoms with Gasteiger partial charge in [0.05, 0.1) is 18.1 Å². The first-order valence-electron chi connectivity index (χ1n) is 6.02. The summed E-state index contributed by atoms with van der Waals surface area (Å²) in [6.07, 6.45) is 2.57. The molecule has 1 atom stereocenters. The van der Waals surface area contributed by atoms with E-state index in [0.29, 0.717) is 24.4 Å². The average molecular weight is 261 g/mol. The summed E-state index contributed by atoms with van der Waals surface area (Å²) in [5, 5.41) is 25.1. The van der Waals surface area contributed by atoms with Crippen molar-refractivity contribution < 1.29 is 24.4 Å². The Morgan fingerprint density at radius 3 is 3.11 bits per heavy atom. The highest BCUT2D eigenvalue weighted by atomic mass is 16.8. The van der Waals surface area contributed by atoms with Gasteiger partial charge in [0.15, 0.2) is 0 Å². The fourth-order valence-electron chi connectivity index (χ4n) is 1.72. The maximum absolute atomic E-state index is 11.5. The van der Waals surface area contributed by atoms with Gasteiger partial charge in [-0.25, -0.2) is 0 Å². The number of rotatable bonds is 7. The van der Waals surface area contributed by atoms with Crippen LogP contribution in [-0.2, 0) is 14.4 Å². The molecule has 8 heteroatoms. The zero-order valence-corrected chi connectivity index (χ0v) is 10.4. The summed E-state index contributed by atoms with van der Waals surface area (Å²) in [6, 6.07) is -0.225. The lowest BCUT2D eigenvalue weighted by molar-refractivity contribution is -0.715. The van der Waals surface area contributed by atoms with Gasteiger partial charge in [-0.15, -0.1) is 5.01 Å². The van der Waals surface area contributed by atoms with Crippen molar-refractivity contribution in [3.05, 3.63) is 5.21 Å². The SMILES string of the molecule is CCCC(=O)OCO/N=[N+](\[O-])N1CCCC1CO. The predicted molar refractivity (Wildman–Crippen MR) is 59.8 cm³/mol. The number of aliphatic hydroxyl groups is 1. The maximum atomic E-state index is 11.5. The molecule has 0 aromatic heterocycles. The molecule has 0 aromatic rings. The van der Waals surface area contributed by atoms with Crippen molar-refractivity contribution in [2.75, 3.05) is 19.9 Å². The van der Waals surface area contributed by atoms with E-state index in [1.54, 1.807) is 0 Å². The van der Waals surface area contributed by atoms with Crippen LogP contribution in [0.2, 0.25) is 0 Å². The number of hydrazine groups is 1. The highest BCUT2D eigenvalue weighted by molar-refractivity contribution is 5.69. The van der Waals surface area contributed by atoms with Crippen LogP contribution in [0.5, 0.6) is 0 Å². The Labute approximate surface area is 105 Å². The smallest absolute Gasteiger partial charge is 0.308 e. The number of aliphatic hydroxyl groups excluding tert-OH is 1. The van der Waals surface area contributed by atoms with Crippen molar-refractivity contribution in [2.24, 2.45) is 5.28 Å². The molecular formula is C10H19N3O5. The van der Waals surface area contributed by atoms with Gasteiger partial charge in [-0.1, -0.05) is 6.92 Å². The van der Waals surface area contributed by atoms with Crippen LogP contribution in [0, 0.1) is 5.21 Å². The Balaban J connectivity index is 2.27. The molecule has 1 fully saturated rings. The molecule has 0 saturated carbocycles. The first-order valence-corrected chi connectivity index (χ1v) is 6.02. The molecule has 18 heavy (non-hydrogen) atoms. The van der Waals surface area contributed by atoms with Crippen LogP contribution in [-0.4, -0.2) is 47.0 Å². The van der Waals surface area contributed by atoms with Crippen LogP contribution < -0.4 is 0 Å². The minimum atomic E-state index is -0.389. The second-order valence-electron chi connectivity index (χ2n) is 3.99. The van der Waals surface area contributed by atoms with E-state index < -0.39 is 0 Å². The van der Waals surface area contributed by atoms with Crippen molar-refractivity contribution in [2.45, 2.75) is 38.6 Å². The minimum absolute atomic E-state index is 0.0975. The van der Waals surface area contributed by atoms with E-state index in [9.17, 15) is 10.0 Å². The van der Waals surface area contributed by atoms with Gasteiger partial charge >= 0.3 is 5.97 Å². The zero-order chi connectivity index (χ0) is 13.4. The number of ether oxygens (including phenoxy) is 1. The highest BCUT2D eigenvalue weighted by Gasteiger charge is 2.30. The van der Waals surface area contributed by atoms with Crippen LogP contribution in [0.15, 0.2) is 5.28 Å². The van der Waals surface area contributed by atoms with E-state index >= 15 is 0 Å². The van der Waals surface area contributed by atoms with E-state index in [0.717, 1.165) is 12.8 Å². The molecule has 0 radical (unpaired) electrons. The molecule has 1 rings (SSSR count). The van der Waals surface area contributed by atoms with Gasteiger partial charge in [0.25, 0.3) is 6.79 Å². The molecule has 0 amide bonds. The van der Waals surface area contributed by atoms with Crippen molar-refractivity contribution in [1.29, 1.82) is 0 Å². The van der Waals surface area contributed by atoms with Crippen LogP contribution in [0.25, 0.3) is 0 Å². The van der Waals surface area contributed by atoms with E-state index in [1.165, 1.54) is 5.01 Å². The quantitative estimate of drug-likeness (QED) is 0.179. The molecule has 104 valence electrons. The molecule has 1 N–H and O–H groups in total. The molecule has 1 aliphatic rings. The van der Waals surface area contributed by atoms with Gasteiger partial charge in [-0.05, 0) is 19.3 Å². The minimum Gasteiger partial charge on any atom is -0.569 e. The summed E-state index contributed by atoms with van der Waals surface area (Å²) >= 11 is 0. The first-order chi connectivity index (χ1) is 8.69. The second kappa shape index (κ2) is 7.70. The fourth-order valence-corrected chi connectivity index (χ4v) is 1.72. The number of carbonyl (C=O) groups is 1. The third-order valence-electron chi connectivity index (χ3n) is 2.63. The Morgan fingerprint density at radius 2 is 2.44 bits per heavy atom. The topological polar surface area (TPSA) is 97.4 Å². The van der Waals surface area contributed by atoms with Gasteiger partial charge in [-0.3, -0.25) is 4.79 Å². The zero-order valence-electron chi connectivity index (χ0n) is 10.4. The van der Waals surface area contributed by atoms with E-state index in [-0.39, 0.29) is 25.4 Å². The third-order valence-corrected chi connectivity index (χ3v) is 2.63. The first kappa shape index (κ1) is 14.5. The monoisotopic (exact) mass is 261 g/mol. The normalized spacial score (nSPS) is 20.0. The maximum Gasteiger partial charge on any atom is 0.308 e. The van der Waals surface area contributed by atoms with Gasteiger partial charge < -0.3 is 19.9 Å². The molecule has 1 unspecified atom stereocenters. The molecule has 1 saturated heterocycles. The molecule has 8 nitrogen and oxygen atoms in total. The number of nitrogens with zero attached hydrogens (tertiary/aromatic N) is 3. The lowest BCUT2D eigenvalue weighted by Gasteiger charge is -2.17. The number of hydrogen-bond donors (Lipinski definition) is 1. The number of esters is 1. The van der Waals surface area contributed by atoms with Gasteiger partial charge in [-0.2, -0.15) is 0 Å². The van der Waals surface area contributed by atoms with Gasteiger partial charge in [0, 0.05) is 6.42 Å². The lowest BCUT2D eigenvalue weighted by atomic mass is 10.2. The third kappa shape index (κ3) is 4.36. The highest BCUT2D eigenvalue weighted by Crippen LogP contribution is 2.16. The summed E-state index contributed by atoms with van der Waals surface area (Å²) in [5.41, 5.74) is 0. The Hall–Kier alpha value is -1.57. The van der Waals surface area contributed by atoms with E-state index in [1.807, 2.05) is 6.92 Å². The van der Waals surface area contributed by atoms with Gasteiger partial charge in [0.2, 0.25) is 5.28 Å². The average Bonchev–Trinajstić information content (AvgIpc) is 2.83. The summed E-state index contributed by atoms with van der Waals surface area (Å²) in [7, 11) is 0. The molecule has 0 aromatic carbocycles. The van der Waals surface area contributed by atoms with E-state index in [4.69, 9.17) is 5.11 Å². The van der Waals surface area contributed by atoms with Crippen molar-refractivity contribution >= 4 is 5.97 Å². The lowest BCUT2D eigenvalue weighted by Crippen LogP contribution is -2.37. The fraction of sp³-hybridized carbons (Fsp3) is 0.900. The van der Waals surface area contributed by atoms with Crippen LogP contribution in [0.4, 0.5) is 0 Å². The number of hydrogen-bond acceptors (Lipinski definition) is 6. The van der Waals surface area contributed by atoms with Crippen LogP contribution >= 0.6 is 0 Å². The van der Waals surface area contributed by atoms with Crippen molar-refractivity contribution in [3.8, 4) is 0 Å². The second-order valence-corrected chi connectivity index (χ2v) is 3.99. The van der Waals surface area contributed by atoms with Crippen LogP contribution in [0.3, 0.4) is 0 Å². The molecular weight excluding hydrogens is 242 g/mol. The summed E-state index contributed by atoms with van der Waals surface area (Å²) in [5.74, 6) is -0.389. The molecule has 0 aliphatic carbocycles. The van der Waals surface area contributed by atoms with Crippen molar-refractivity contribution in [1.82, 2.24) is 5.01 Å². The van der Waals surface area contributed by atoms with Crippen LogP contribution in [0.1, 0.15) is 32.6 Å². The Morgan fingerprint density at radius 1 is 1.67 bits per heavy atom. The van der Waals surface area contributed by atoms with Crippen molar-refractivity contribution in [3.63, 3.8) is 0 Å². The Bertz CT molecular complexity index is 297. The Kier molecular flexibility index (Phi) is 6.20. The number of carbonyl (C=O) groups excluding carboxylic acids is 1. The summed E-state index contributed by atoms with van der Waals surface area (Å²) in [4.78, 5) is 15.8. The standard InChI is InChI=1S/C10H19N3O5/c1-2-4-10(15)17-8-18-11-13(16)12-6-3-5-9(12)7-14/h9,14H,2-8H2,1H3/b13-11-. The predicted octanol–water partition coefficient (Wildman–Crippen LogP) is 0.553. The summed E-state index contributed by atoms with van der Waals surface area (Å²) < 4.78 is 4.66. The largest absolute Gasteiger partial charge is 0.569 e. The molecule has 1 heterocycles. The molecule has 0 spiro atoms. The van der Waals surface area contributed by atoms with E-state index in [2.05, 4.69) is 14.9 Å². The summed E-state index contributed by atoms with van der Waals surface area (Å²) in [6.45, 7) is 1.90. The molecule has 1 aliphatic heterocycles. The molecule has 0 bridgehead atoms. The van der Waals surface area contributed by atoms with Gasteiger partial charge in [0.1, 0.15) is 6.04 Å².